The summed E-state index contributed by atoms with van der Waals surface area (Å²) >= 11 is 1.41. The molecule has 1 rings (SSSR count). The minimum atomic E-state index is -0.836. The number of Topliss-reactive ketones (excluding diaryl/α,β-unsaturated/α-hetero) is 1. The number of carbonyl (C=O) groups excluding carboxylic acids is 2. The number of hydrogen-bond donors (Lipinski definition) is 0. The van der Waals surface area contributed by atoms with E-state index in [9.17, 15) is 9.59 Å². The summed E-state index contributed by atoms with van der Waals surface area (Å²) in [6, 6.07) is 0. The van der Waals surface area contributed by atoms with Gasteiger partial charge in [0.1, 0.15) is 0 Å². The Balaban J connectivity index is 3.58. The first-order valence-corrected chi connectivity index (χ1v) is 6.61. The van der Waals surface area contributed by atoms with Crippen LogP contribution >= 0.6 is 11.8 Å². The van der Waals surface area contributed by atoms with Crippen molar-refractivity contribution in [3.8, 4) is 0 Å². The van der Waals surface area contributed by atoms with Crippen molar-refractivity contribution in [2.24, 2.45) is 0 Å². The zero-order chi connectivity index (χ0) is 13.4. The summed E-state index contributed by atoms with van der Waals surface area (Å²) in [6.45, 7) is 7.19. The van der Waals surface area contributed by atoms with Crippen LogP contribution in [0, 0.1) is 0 Å². The predicted molar refractivity (Wildman–Crippen MR) is 70.0 cm³/mol. The Bertz CT molecular complexity index is 416. The number of ketones is 1. The molecule has 0 atom stereocenters. The third-order valence-electron chi connectivity index (χ3n) is 3.64. The summed E-state index contributed by atoms with van der Waals surface area (Å²) < 4.78 is 4.08. The molecule has 0 bridgehead atoms. The maximum atomic E-state index is 12.1. The maximum absolute atomic E-state index is 12.1. The molecule has 1 aliphatic carbocycles. The quantitative estimate of drug-likeness (QED) is 0.710. The standard InChI is InChI=1S/C13H18O3S/c1-7-9(3)13(17-6,12(15)16-5)10(4)8(2)11(7)14/h1-6H3. The molecule has 0 amide bonds. The summed E-state index contributed by atoms with van der Waals surface area (Å²) in [5.74, 6) is -0.292. The monoisotopic (exact) mass is 254 g/mol. The van der Waals surface area contributed by atoms with E-state index in [2.05, 4.69) is 0 Å². The molecule has 0 fully saturated rings. The molecule has 0 heterocycles. The zero-order valence-corrected chi connectivity index (χ0v) is 11.9. The van der Waals surface area contributed by atoms with Crippen LogP contribution < -0.4 is 0 Å². The second-order valence-electron chi connectivity index (χ2n) is 4.21. The highest BCUT2D eigenvalue weighted by molar-refractivity contribution is 8.01. The van der Waals surface area contributed by atoms with Gasteiger partial charge >= 0.3 is 5.97 Å². The molecule has 3 nitrogen and oxygen atoms in total. The Morgan fingerprint density at radius 1 is 1.12 bits per heavy atom. The van der Waals surface area contributed by atoms with Gasteiger partial charge in [0.25, 0.3) is 0 Å². The highest BCUT2D eigenvalue weighted by Crippen LogP contribution is 2.45. The van der Waals surface area contributed by atoms with Gasteiger partial charge in [0.2, 0.25) is 0 Å². The van der Waals surface area contributed by atoms with Crippen molar-refractivity contribution >= 4 is 23.5 Å². The van der Waals surface area contributed by atoms with Gasteiger partial charge in [0.05, 0.1) is 7.11 Å². The molecule has 0 radical (unpaired) electrons. The molecule has 1 aliphatic rings. The fourth-order valence-corrected chi connectivity index (χ4v) is 3.44. The zero-order valence-electron chi connectivity index (χ0n) is 11.1. The number of rotatable bonds is 2. The highest BCUT2D eigenvalue weighted by Gasteiger charge is 2.47. The molecule has 0 N–H and O–H groups in total. The van der Waals surface area contributed by atoms with E-state index >= 15 is 0 Å². The Morgan fingerprint density at radius 2 is 1.53 bits per heavy atom. The first kappa shape index (κ1) is 14.0. The average Bonchev–Trinajstić information content (AvgIpc) is 2.35. The number of methoxy groups -OCH3 is 1. The van der Waals surface area contributed by atoms with Crippen LogP contribution in [0.4, 0.5) is 0 Å². The molecule has 0 aromatic rings. The van der Waals surface area contributed by atoms with E-state index in [0.29, 0.717) is 11.1 Å². The summed E-state index contributed by atoms with van der Waals surface area (Å²) in [6.07, 6.45) is 1.86. The molecular formula is C13H18O3S. The molecule has 94 valence electrons. The Morgan fingerprint density at radius 3 is 1.82 bits per heavy atom. The van der Waals surface area contributed by atoms with Crippen molar-refractivity contribution in [3.05, 3.63) is 22.3 Å². The van der Waals surface area contributed by atoms with Crippen LogP contribution in [0.1, 0.15) is 27.7 Å². The van der Waals surface area contributed by atoms with Gasteiger partial charge in [-0.2, -0.15) is 0 Å². The van der Waals surface area contributed by atoms with Gasteiger partial charge in [-0.15, -0.1) is 11.8 Å². The van der Waals surface area contributed by atoms with Crippen LogP contribution in [0.2, 0.25) is 0 Å². The van der Waals surface area contributed by atoms with Crippen LogP contribution in [0.5, 0.6) is 0 Å². The van der Waals surface area contributed by atoms with Gasteiger partial charge < -0.3 is 4.74 Å². The maximum Gasteiger partial charge on any atom is 0.330 e. The number of hydrogen-bond acceptors (Lipinski definition) is 4. The van der Waals surface area contributed by atoms with Crippen LogP contribution in [-0.2, 0) is 14.3 Å². The summed E-state index contributed by atoms with van der Waals surface area (Å²) in [5.41, 5.74) is 2.86. The lowest BCUT2D eigenvalue weighted by atomic mass is 9.78. The first-order chi connectivity index (χ1) is 7.84. The Kier molecular flexibility index (Phi) is 3.87. The lowest BCUT2D eigenvalue weighted by Crippen LogP contribution is -2.43. The number of esters is 1. The molecule has 0 saturated carbocycles. The fourth-order valence-electron chi connectivity index (χ4n) is 2.27. The number of allylic oxidation sites excluding steroid dienone is 2. The first-order valence-electron chi connectivity index (χ1n) is 5.38. The van der Waals surface area contributed by atoms with Gasteiger partial charge in [0.15, 0.2) is 10.5 Å². The van der Waals surface area contributed by atoms with Crippen LogP contribution in [0.25, 0.3) is 0 Å². The molecule has 17 heavy (non-hydrogen) atoms. The second kappa shape index (κ2) is 4.69. The van der Waals surface area contributed by atoms with Gasteiger partial charge in [-0.05, 0) is 56.2 Å². The minimum absolute atomic E-state index is 0.0218. The van der Waals surface area contributed by atoms with Gasteiger partial charge in [-0.1, -0.05) is 0 Å². The Hall–Kier alpha value is -1.03. The molecule has 0 saturated heterocycles. The van der Waals surface area contributed by atoms with Crippen LogP contribution in [0.15, 0.2) is 22.3 Å². The van der Waals surface area contributed by atoms with Crippen molar-refractivity contribution < 1.29 is 14.3 Å². The lowest BCUT2D eigenvalue weighted by molar-refractivity contribution is -0.141. The molecule has 0 aliphatic heterocycles. The largest absolute Gasteiger partial charge is 0.467 e. The molecule has 0 unspecified atom stereocenters. The number of ether oxygens (including phenoxy) is 1. The minimum Gasteiger partial charge on any atom is -0.467 e. The summed E-state index contributed by atoms with van der Waals surface area (Å²) in [4.78, 5) is 24.1. The van der Waals surface area contributed by atoms with Gasteiger partial charge in [-0.3, -0.25) is 4.79 Å². The average molecular weight is 254 g/mol. The van der Waals surface area contributed by atoms with Crippen LogP contribution in [0.3, 0.4) is 0 Å². The number of carbonyl (C=O) groups is 2. The van der Waals surface area contributed by atoms with Crippen molar-refractivity contribution in [2.75, 3.05) is 13.4 Å². The highest BCUT2D eigenvalue weighted by atomic mass is 32.2. The van der Waals surface area contributed by atoms with E-state index in [1.54, 1.807) is 13.8 Å². The summed E-state index contributed by atoms with van der Waals surface area (Å²) in [5, 5.41) is 0. The third-order valence-corrected chi connectivity index (χ3v) is 5.03. The topological polar surface area (TPSA) is 43.4 Å². The van der Waals surface area contributed by atoms with Crippen molar-refractivity contribution in [2.45, 2.75) is 32.4 Å². The van der Waals surface area contributed by atoms with E-state index in [1.807, 2.05) is 20.1 Å². The molecule has 4 heteroatoms. The van der Waals surface area contributed by atoms with E-state index in [4.69, 9.17) is 4.74 Å². The molecule has 0 spiro atoms. The SMILES string of the molecule is COC(=O)C1(SC)C(C)=C(C)C(=O)C(C)=C1C. The van der Waals surface area contributed by atoms with E-state index in [1.165, 1.54) is 18.9 Å². The Labute approximate surface area is 106 Å². The molecular weight excluding hydrogens is 236 g/mol. The van der Waals surface area contributed by atoms with Gasteiger partial charge in [0, 0.05) is 0 Å². The number of thioether (sulfide) groups is 1. The van der Waals surface area contributed by atoms with Crippen molar-refractivity contribution in [1.82, 2.24) is 0 Å². The smallest absolute Gasteiger partial charge is 0.330 e. The molecule has 0 aromatic carbocycles. The normalized spacial score (nSPS) is 19.8. The van der Waals surface area contributed by atoms with E-state index in [0.717, 1.165) is 11.1 Å². The lowest BCUT2D eigenvalue weighted by Gasteiger charge is -2.36. The summed E-state index contributed by atoms with van der Waals surface area (Å²) in [7, 11) is 1.38. The fraction of sp³-hybridized carbons (Fsp3) is 0.538. The van der Waals surface area contributed by atoms with Crippen LogP contribution in [-0.4, -0.2) is 29.9 Å². The van der Waals surface area contributed by atoms with E-state index in [-0.39, 0.29) is 11.8 Å². The van der Waals surface area contributed by atoms with Crippen molar-refractivity contribution in [1.29, 1.82) is 0 Å². The van der Waals surface area contributed by atoms with E-state index < -0.39 is 4.75 Å². The van der Waals surface area contributed by atoms with Crippen molar-refractivity contribution in [3.63, 3.8) is 0 Å². The predicted octanol–water partition coefficient (Wildman–Crippen LogP) is 2.52. The van der Waals surface area contributed by atoms with Gasteiger partial charge in [-0.25, -0.2) is 4.79 Å². The second-order valence-corrected chi connectivity index (χ2v) is 5.23. The third kappa shape index (κ3) is 1.75. The molecule has 0 aromatic heterocycles.